The highest BCUT2D eigenvalue weighted by molar-refractivity contribution is 5.59. The van der Waals surface area contributed by atoms with Crippen LogP contribution in [-0.2, 0) is 0 Å². The molecule has 0 spiro atoms. The number of fused-ring (bicyclic) bond motifs is 1. The SMILES string of the molecule is CC(C)N1CC=C2C(C#N)=C(N)C(C#N)(C#N)[C@@H](c3ccccc3F)[C@H]2C1. The molecule has 1 aromatic rings. The van der Waals surface area contributed by atoms with E-state index < -0.39 is 17.2 Å². The molecule has 1 aliphatic heterocycles. The van der Waals surface area contributed by atoms with Crippen molar-refractivity contribution in [2.45, 2.75) is 25.8 Å². The molecular formula is C21H20FN5. The van der Waals surface area contributed by atoms with Crippen LogP contribution < -0.4 is 5.73 Å². The number of benzene rings is 1. The van der Waals surface area contributed by atoms with E-state index in [9.17, 15) is 20.2 Å². The van der Waals surface area contributed by atoms with Crippen LogP contribution in [0.15, 0.2) is 47.2 Å². The molecule has 0 amide bonds. The molecule has 1 heterocycles. The van der Waals surface area contributed by atoms with Crippen LogP contribution in [0.3, 0.4) is 0 Å². The van der Waals surface area contributed by atoms with Gasteiger partial charge in [-0.25, -0.2) is 4.39 Å². The number of nitrogens with two attached hydrogens (primary N) is 1. The minimum atomic E-state index is -1.80. The summed E-state index contributed by atoms with van der Waals surface area (Å²) in [5.41, 5.74) is 5.50. The number of hydrogen-bond acceptors (Lipinski definition) is 5. The second-order valence-electron chi connectivity index (χ2n) is 7.24. The number of halogens is 1. The van der Waals surface area contributed by atoms with Gasteiger partial charge in [-0.2, -0.15) is 15.8 Å². The Kier molecular flexibility index (Phi) is 4.75. The molecule has 2 atom stereocenters. The summed E-state index contributed by atoms with van der Waals surface area (Å²) in [5, 5.41) is 29.6. The summed E-state index contributed by atoms with van der Waals surface area (Å²) >= 11 is 0. The number of rotatable bonds is 2. The van der Waals surface area contributed by atoms with E-state index in [4.69, 9.17) is 5.73 Å². The topological polar surface area (TPSA) is 101 Å². The molecule has 0 radical (unpaired) electrons. The molecular weight excluding hydrogens is 341 g/mol. The van der Waals surface area contributed by atoms with Crippen molar-refractivity contribution in [3.05, 3.63) is 58.6 Å². The van der Waals surface area contributed by atoms with E-state index in [1.807, 2.05) is 18.2 Å². The first-order valence-corrected chi connectivity index (χ1v) is 8.83. The molecule has 6 heteroatoms. The average molecular weight is 361 g/mol. The zero-order valence-electron chi connectivity index (χ0n) is 15.3. The van der Waals surface area contributed by atoms with E-state index in [1.54, 1.807) is 18.2 Å². The summed E-state index contributed by atoms with van der Waals surface area (Å²) in [6, 6.07) is 12.5. The third kappa shape index (κ3) is 2.69. The fourth-order valence-electron chi connectivity index (χ4n) is 4.20. The Morgan fingerprint density at radius 2 is 1.89 bits per heavy atom. The summed E-state index contributed by atoms with van der Waals surface area (Å²) < 4.78 is 14.7. The third-order valence-corrected chi connectivity index (χ3v) is 5.66. The largest absolute Gasteiger partial charge is 0.399 e. The van der Waals surface area contributed by atoms with Crippen LogP contribution in [0.4, 0.5) is 4.39 Å². The molecule has 2 N–H and O–H groups in total. The van der Waals surface area contributed by atoms with Crippen molar-refractivity contribution < 1.29 is 4.39 Å². The van der Waals surface area contributed by atoms with E-state index in [-0.39, 0.29) is 28.8 Å². The van der Waals surface area contributed by atoms with Gasteiger partial charge in [-0.3, -0.25) is 4.90 Å². The highest BCUT2D eigenvalue weighted by Gasteiger charge is 2.55. The first-order valence-electron chi connectivity index (χ1n) is 8.83. The van der Waals surface area contributed by atoms with Gasteiger partial charge < -0.3 is 5.73 Å². The van der Waals surface area contributed by atoms with Crippen molar-refractivity contribution in [3.63, 3.8) is 0 Å². The molecule has 1 aromatic carbocycles. The van der Waals surface area contributed by atoms with Crippen LogP contribution in [0.1, 0.15) is 25.3 Å². The number of allylic oxidation sites excluding steroid dienone is 2. The fourth-order valence-corrected chi connectivity index (χ4v) is 4.20. The van der Waals surface area contributed by atoms with Gasteiger partial charge in [-0.15, -0.1) is 0 Å². The van der Waals surface area contributed by atoms with E-state index >= 15 is 0 Å². The minimum Gasteiger partial charge on any atom is -0.399 e. The zero-order chi connectivity index (χ0) is 19.8. The van der Waals surface area contributed by atoms with Crippen LogP contribution in [0.2, 0.25) is 0 Å². The Hall–Kier alpha value is -3.14. The zero-order valence-corrected chi connectivity index (χ0v) is 15.3. The van der Waals surface area contributed by atoms with Crippen molar-refractivity contribution in [3.8, 4) is 18.2 Å². The van der Waals surface area contributed by atoms with Gasteiger partial charge in [-0.1, -0.05) is 24.3 Å². The molecule has 136 valence electrons. The summed E-state index contributed by atoms with van der Waals surface area (Å²) in [4.78, 5) is 2.18. The predicted molar refractivity (Wildman–Crippen MR) is 97.9 cm³/mol. The standard InChI is InChI=1S/C21H20FN5/c1-13(2)27-8-7-14-16(9-23)20(26)21(11-24,12-25)19(17(14)10-27)15-5-3-4-6-18(15)22/h3-7,13,17,19H,8,10,26H2,1-2H3/t17-,19-/m0/s1. The van der Waals surface area contributed by atoms with Gasteiger partial charge in [0.2, 0.25) is 0 Å². The maximum Gasteiger partial charge on any atom is 0.191 e. The molecule has 27 heavy (non-hydrogen) atoms. The molecule has 0 aromatic heterocycles. The fraction of sp³-hybridized carbons (Fsp3) is 0.381. The maximum atomic E-state index is 14.7. The normalized spacial score (nSPS) is 24.4. The van der Waals surface area contributed by atoms with Gasteiger partial charge in [0, 0.05) is 31.0 Å². The lowest BCUT2D eigenvalue weighted by Crippen LogP contribution is -2.49. The van der Waals surface area contributed by atoms with Gasteiger partial charge in [0.1, 0.15) is 11.9 Å². The van der Waals surface area contributed by atoms with Gasteiger partial charge in [0.15, 0.2) is 5.41 Å². The Balaban J connectivity index is 2.33. The van der Waals surface area contributed by atoms with Gasteiger partial charge >= 0.3 is 0 Å². The molecule has 2 aliphatic rings. The van der Waals surface area contributed by atoms with Crippen molar-refractivity contribution >= 4 is 0 Å². The summed E-state index contributed by atoms with van der Waals surface area (Å²) in [6.45, 7) is 5.26. The second-order valence-corrected chi connectivity index (χ2v) is 7.24. The Morgan fingerprint density at radius 1 is 1.22 bits per heavy atom. The minimum absolute atomic E-state index is 0.0799. The molecule has 0 fully saturated rings. The van der Waals surface area contributed by atoms with Crippen molar-refractivity contribution in [2.24, 2.45) is 17.1 Å². The van der Waals surface area contributed by atoms with Crippen molar-refractivity contribution in [1.82, 2.24) is 4.90 Å². The van der Waals surface area contributed by atoms with E-state index in [0.717, 1.165) is 0 Å². The average Bonchev–Trinajstić information content (AvgIpc) is 2.67. The molecule has 1 aliphatic carbocycles. The smallest absolute Gasteiger partial charge is 0.191 e. The molecule has 0 saturated carbocycles. The highest BCUT2D eigenvalue weighted by Crippen LogP contribution is 2.54. The van der Waals surface area contributed by atoms with Crippen LogP contribution >= 0.6 is 0 Å². The first kappa shape index (κ1) is 18.6. The summed E-state index contributed by atoms with van der Waals surface area (Å²) in [7, 11) is 0. The first-order chi connectivity index (χ1) is 12.9. The molecule has 5 nitrogen and oxygen atoms in total. The van der Waals surface area contributed by atoms with Crippen LogP contribution in [-0.4, -0.2) is 24.0 Å². The van der Waals surface area contributed by atoms with Gasteiger partial charge in [-0.05, 0) is 31.1 Å². The van der Waals surface area contributed by atoms with E-state index in [0.29, 0.717) is 18.7 Å². The highest BCUT2D eigenvalue weighted by atomic mass is 19.1. The third-order valence-electron chi connectivity index (χ3n) is 5.66. The Bertz CT molecular complexity index is 940. The summed E-state index contributed by atoms with van der Waals surface area (Å²) in [5.74, 6) is -1.65. The lowest BCUT2D eigenvalue weighted by atomic mass is 9.58. The predicted octanol–water partition coefficient (Wildman–Crippen LogP) is 2.96. The lowest BCUT2D eigenvalue weighted by Gasteiger charge is -2.46. The van der Waals surface area contributed by atoms with Crippen molar-refractivity contribution in [1.29, 1.82) is 15.8 Å². The lowest BCUT2D eigenvalue weighted by molar-refractivity contribution is 0.172. The van der Waals surface area contributed by atoms with Gasteiger partial charge in [0.25, 0.3) is 0 Å². The van der Waals surface area contributed by atoms with Crippen LogP contribution in [0.5, 0.6) is 0 Å². The molecule has 0 bridgehead atoms. The molecule has 0 unspecified atom stereocenters. The summed E-state index contributed by atoms with van der Waals surface area (Å²) in [6.07, 6.45) is 1.92. The Morgan fingerprint density at radius 3 is 2.44 bits per heavy atom. The van der Waals surface area contributed by atoms with Crippen molar-refractivity contribution in [2.75, 3.05) is 13.1 Å². The quantitative estimate of drug-likeness (QED) is 0.873. The molecule has 0 saturated heterocycles. The maximum absolute atomic E-state index is 14.7. The van der Waals surface area contributed by atoms with Gasteiger partial charge in [0.05, 0.1) is 23.4 Å². The Labute approximate surface area is 158 Å². The number of hydrogen-bond donors (Lipinski definition) is 1. The molecule has 3 rings (SSSR count). The number of nitriles is 3. The second kappa shape index (κ2) is 6.88. The van der Waals surface area contributed by atoms with Crippen LogP contribution in [0.25, 0.3) is 0 Å². The van der Waals surface area contributed by atoms with E-state index in [1.165, 1.54) is 6.07 Å². The number of nitrogens with zero attached hydrogens (tertiary/aromatic N) is 4. The monoisotopic (exact) mass is 361 g/mol. The van der Waals surface area contributed by atoms with Crippen LogP contribution in [0, 0.1) is 51.1 Å². The van der Waals surface area contributed by atoms with E-state index in [2.05, 4.69) is 24.8 Å².